The summed E-state index contributed by atoms with van der Waals surface area (Å²) in [5.41, 5.74) is 3.38. The van der Waals surface area contributed by atoms with E-state index >= 15 is 0 Å². The summed E-state index contributed by atoms with van der Waals surface area (Å²) in [6, 6.07) is 8.07. The average Bonchev–Trinajstić information content (AvgIpc) is 2.78. The van der Waals surface area contributed by atoms with Crippen LogP contribution in [0.3, 0.4) is 0 Å². The summed E-state index contributed by atoms with van der Waals surface area (Å²) in [4.78, 5) is 0. The fourth-order valence-electron chi connectivity index (χ4n) is 2.19. The van der Waals surface area contributed by atoms with E-state index in [-0.39, 0.29) is 0 Å². The first-order valence-corrected chi connectivity index (χ1v) is 7.05. The van der Waals surface area contributed by atoms with Crippen LogP contribution < -0.4 is 5.32 Å². The fraction of sp³-hybridized carbons (Fsp3) is 0.400. The molecule has 0 radical (unpaired) electrons. The average molecular weight is 278 g/mol. The third kappa shape index (κ3) is 3.17. The highest BCUT2D eigenvalue weighted by atomic mass is 35.5. The van der Waals surface area contributed by atoms with Gasteiger partial charge in [0.05, 0.1) is 11.9 Å². The Balaban J connectivity index is 2.27. The maximum atomic E-state index is 6.03. The van der Waals surface area contributed by atoms with Crippen LogP contribution in [0.1, 0.15) is 37.6 Å². The van der Waals surface area contributed by atoms with E-state index in [0.717, 1.165) is 29.4 Å². The van der Waals surface area contributed by atoms with Gasteiger partial charge in [-0.05, 0) is 45.0 Å². The van der Waals surface area contributed by atoms with Crippen molar-refractivity contribution in [1.29, 1.82) is 0 Å². The quantitative estimate of drug-likeness (QED) is 0.898. The van der Waals surface area contributed by atoms with Gasteiger partial charge in [0, 0.05) is 22.3 Å². The first kappa shape index (κ1) is 14.1. The van der Waals surface area contributed by atoms with Gasteiger partial charge >= 0.3 is 0 Å². The Kier molecular flexibility index (Phi) is 4.61. The van der Waals surface area contributed by atoms with Crippen molar-refractivity contribution in [1.82, 2.24) is 15.1 Å². The summed E-state index contributed by atoms with van der Waals surface area (Å²) < 4.78 is 1.94. The molecule has 0 fully saturated rings. The second-order valence-electron chi connectivity index (χ2n) is 4.75. The van der Waals surface area contributed by atoms with Gasteiger partial charge in [-0.3, -0.25) is 0 Å². The number of nitrogens with one attached hydrogen (secondary N) is 1. The fourth-order valence-corrected chi connectivity index (χ4v) is 2.37. The standard InChI is InChI=1S/C15H20ClN3/c1-4-8-17-11(2)15-10-18-19(12(15)3)14-7-5-6-13(16)9-14/h5-7,9-11,17H,4,8H2,1-3H3. The molecule has 19 heavy (non-hydrogen) atoms. The summed E-state index contributed by atoms with van der Waals surface area (Å²) >= 11 is 6.03. The molecule has 1 aromatic heterocycles. The molecule has 1 unspecified atom stereocenters. The second-order valence-corrected chi connectivity index (χ2v) is 5.19. The molecule has 2 aromatic rings. The van der Waals surface area contributed by atoms with Crippen molar-refractivity contribution in [3.8, 4) is 5.69 Å². The summed E-state index contributed by atoms with van der Waals surface area (Å²) in [7, 11) is 0. The third-order valence-corrected chi connectivity index (χ3v) is 3.50. The number of nitrogens with zero attached hydrogens (tertiary/aromatic N) is 2. The Bertz CT molecular complexity index is 548. The minimum Gasteiger partial charge on any atom is -0.310 e. The van der Waals surface area contributed by atoms with E-state index in [2.05, 4.69) is 31.2 Å². The normalized spacial score (nSPS) is 12.6. The molecule has 0 saturated carbocycles. The van der Waals surface area contributed by atoms with Crippen LogP contribution in [0, 0.1) is 6.92 Å². The van der Waals surface area contributed by atoms with E-state index in [1.54, 1.807) is 0 Å². The van der Waals surface area contributed by atoms with Crippen LogP contribution in [0.4, 0.5) is 0 Å². The van der Waals surface area contributed by atoms with Crippen molar-refractivity contribution in [2.45, 2.75) is 33.2 Å². The molecular weight excluding hydrogens is 258 g/mol. The minimum absolute atomic E-state index is 0.313. The lowest BCUT2D eigenvalue weighted by atomic mass is 10.1. The molecule has 3 nitrogen and oxygen atoms in total. The summed E-state index contributed by atoms with van der Waals surface area (Å²) in [6.45, 7) is 7.44. The van der Waals surface area contributed by atoms with Crippen molar-refractivity contribution in [2.24, 2.45) is 0 Å². The van der Waals surface area contributed by atoms with Gasteiger partial charge in [-0.15, -0.1) is 0 Å². The summed E-state index contributed by atoms with van der Waals surface area (Å²) in [5.74, 6) is 0. The van der Waals surface area contributed by atoms with Crippen molar-refractivity contribution < 1.29 is 0 Å². The molecule has 0 saturated heterocycles. The van der Waals surface area contributed by atoms with Crippen LogP contribution >= 0.6 is 11.6 Å². The Labute approximate surface area is 119 Å². The monoisotopic (exact) mass is 277 g/mol. The first-order chi connectivity index (χ1) is 9.13. The maximum absolute atomic E-state index is 6.03. The number of rotatable bonds is 5. The molecular formula is C15H20ClN3. The van der Waals surface area contributed by atoms with Gasteiger partial charge in [0.25, 0.3) is 0 Å². The number of halogens is 1. The Morgan fingerprint density at radius 3 is 2.89 bits per heavy atom. The van der Waals surface area contributed by atoms with Gasteiger partial charge in [-0.25, -0.2) is 4.68 Å². The van der Waals surface area contributed by atoms with Gasteiger partial charge in [0.2, 0.25) is 0 Å². The van der Waals surface area contributed by atoms with Gasteiger partial charge < -0.3 is 5.32 Å². The van der Waals surface area contributed by atoms with Crippen LogP contribution in [-0.2, 0) is 0 Å². The number of aromatic nitrogens is 2. The number of hydrogen-bond acceptors (Lipinski definition) is 2. The zero-order chi connectivity index (χ0) is 13.8. The van der Waals surface area contributed by atoms with Crippen molar-refractivity contribution in [3.63, 3.8) is 0 Å². The van der Waals surface area contributed by atoms with Gasteiger partial charge in [0.1, 0.15) is 0 Å². The van der Waals surface area contributed by atoms with Crippen molar-refractivity contribution in [3.05, 3.63) is 46.7 Å². The maximum Gasteiger partial charge on any atom is 0.0663 e. The lowest BCUT2D eigenvalue weighted by Gasteiger charge is -2.13. The van der Waals surface area contributed by atoms with E-state index in [9.17, 15) is 0 Å². The minimum atomic E-state index is 0.313. The number of benzene rings is 1. The molecule has 0 spiro atoms. The van der Waals surface area contributed by atoms with Crippen LogP contribution in [0.2, 0.25) is 5.02 Å². The van der Waals surface area contributed by atoms with Crippen LogP contribution in [0.15, 0.2) is 30.5 Å². The topological polar surface area (TPSA) is 29.9 Å². The highest BCUT2D eigenvalue weighted by Gasteiger charge is 2.13. The summed E-state index contributed by atoms with van der Waals surface area (Å²) in [5, 5.41) is 8.69. The van der Waals surface area contributed by atoms with E-state index in [1.807, 2.05) is 35.1 Å². The van der Waals surface area contributed by atoms with E-state index < -0.39 is 0 Å². The van der Waals surface area contributed by atoms with Crippen LogP contribution in [-0.4, -0.2) is 16.3 Å². The zero-order valence-electron chi connectivity index (χ0n) is 11.7. The Morgan fingerprint density at radius 1 is 1.42 bits per heavy atom. The highest BCUT2D eigenvalue weighted by Crippen LogP contribution is 2.21. The molecule has 2 rings (SSSR count). The molecule has 1 aromatic carbocycles. The summed E-state index contributed by atoms with van der Waals surface area (Å²) in [6.07, 6.45) is 3.06. The second kappa shape index (κ2) is 6.22. The molecule has 0 aliphatic heterocycles. The van der Waals surface area contributed by atoms with E-state index in [0.29, 0.717) is 6.04 Å². The Morgan fingerprint density at radius 2 is 2.21 bits per heavy atom. The Hall–Kier alpha value is -1.32. The molecule has 0 amide bonds. The largest absolute Gasteiger partial charge is 0.310 e. The lowest BCUT2D eigenvalue weighted by molar-refractivity contribution is 0.568. The predicted molar refractivity (Wildman–Crippen MR) is 80.0 cm³/mol. The van der Waals surface area contributed by atoms with Gasteiger partial charge in [0.15, 0.2) is 0 Å². The molecule has 1 atom stereocenters. The van der Waals surface area contributed by atoms with E-state index in [4.69, 9.17) is 11.6 Å². The lowest BCUT2D eigenvalue weighted by Crippen LogP contribution is -2.19. The van der Waals surface area contributed by atoms with E-state index in [1.165, 1.54) is 5.56 Å². The van der Waals surface area contributed by atoms with Gasteiger partial charge in [-0.1, -0.05) is 24.6 Å². The molecule has 1 N–H and O–H groups in total. The van der Waals surface area contributed by atoms with Crippen LogP contribution in [0.25, 0.3) is 5.69 Å². The molecule has 4 heteroatoms. The molecule has 1 heterocycles. The van der Waals surface area contributed by atoms with Gasteiger partial charge in [-0.2, -0.15) is 5.10 Å². The third-order valence-electron chi connectivity index (χ3n) is 3.27. The predicted octanol–water partition coefficient (Wildman–Crippen LogP) is 3.89. The molecule has 0 aliphatic rings. The smallest absolute Gasteiger partial charge is 0.0663 e. The first-order valence-electron chi connectivity index (χ1n) is 6.67. The zero-order valence-corrected chi connectivity index (χ0v) is 12.4. The van der Waals surface area contributed by atoms with Crippen molar-refractivity contribution >= 4 is 11.6 Å². The molecule has 0 bridgehead atoms. The highest BCUT2D eigenvalue weighted by molar-refractivity contribution is 6.30. The molecule has 102 valence electrons. The van der Waals surface area contributed by atoms with Crippen molar-refractivity contribution in [2.75, 3.05) is 6.54 Å². The molecule has 0 aliphatic carbocycles. The number of hydrogen-bond donors (Lipinski definition) is 1. The SMILES string of the molecule is CCCNC(C)c1cnn(-c2cccc(Cl)c2)c1C. The van der Waals surface area contributed by atoms with Crippen LogP contribution in [0.5, 0.6) is 0 Å².